The highest BCUT2D eigenvalue weighted by Gasteiger charge is 2.43. The number of nitrogens with one attached hydrogen (secondary N) is 1. The number of carboxylic acids is 1. The Bertz CT molecular complexity index is 517. The highest BCUT2D eigenvalue weighted by molar-refractivity contribution is 7.99. The Hall–Kier alpha value is -1.76. The van der Waals surface area contributed by atoms with E-state index in [4.69, 9.17) is 4.74 Å². The smallest absolute Gasteiger partial charge is 0.330 e. The summed E-state index contributed by atoms with van der Waals surface area (Å²) in [6, 6.07) is 5.72. The van der Waals surface area contributed by atoms with Crippen molar-refractivity contribution < 1.29 is 23.8 Å². The summed E-state index contributed by atoms with van der Waals surface area (Å²) < 4.78 is 18.3. The molecule has 7 heteroatoms. The van der Waals surface area contributed by atoms with Crippen molar-refractivity contribution >= 4 is 23.6 Å². The van der Waals surface area contributed by atoms with Crippen molar-refractivity contribution in [1.82, 2.24) is 5.32 Å². The molecule has 1 amide bonds. The van der Waals surface area contributed by atoms with E-state index >= 15 is 0 Å². The first-order valence-corrected chi connectivity index (χ1v) is 7.18. The van der Waals surface area contributed by atoms with Crippen LogP contribution in [0.2, 0.25) is 0 Å². The zero-order valence-corrected chi connectivity index (χ0v) is 11.4. The third kappa shape index (κ3) is 3.22. The standard InChI is InChI=1S/C13H14FNO4S/c14-9-3-1-2-4-10(9)19-7-11(16)15-13(12(17)18)5-6-20-8-13/h1-4H,5-8H2,(H,15,16)(H,17,18). The summed E-state index contributed by atoms with van der Waals surface area (Å²) in [5, 5.41) is 11.7. The topological polar surface area (TPSA) is 75.6 Å². The predicted octanol–water partition coefficient (Wildman–Crippen LogP) is 1.28. The minimum atomic E-state index is -1.24. The number of hydrogen-bond donors (Lipinski definition) is 2. The second kappa shape index (κ2) is 6.13. The molecule has 5 nitrogen and oxygen atoms in total. The van der Waals surface area contributed by atoms with Gasteiger partial charge >= 0.3 is 5.97 Å². The van der Waals surface area contributed by atoms with E-state index in [1.54, 1.807) is 6.07 Å². The van der Waals surface area contributed by atoms with Gasteiger partial charge in [0.15, 0.2) is 18.2 Å². The molecular weight excluding hydrogens is 285 g/mol. The lowest BCUT2D eigenvalue weighted by atomic mass is 9.99. The molecule has 1 heterocycles. The van der Waals surface area contributed by atoms with Crippen LogP contribution in [-0.2, 0) is 9.59 Å². The molecule has 2 rings (SSSR count). The fourth-order valence-electron chi connectivity index (χ4n) is 1.89. The third-order valence-electron chi connectivity index (χ3n) is 3.01. The van der Waals surface area contributed by atoms with Crippen molar-refractivity contribution in [1.29, 1.82) is 0 Å². The van der Waals surface area contributed by atoms with Gasteiger partial charge < -0.3 is 15.2 Å². The molecule has 0 bridgehead atoms. The highest BCUT2D eigenvalue weighted by Crippen LogP contribution is 2.28. The molecule has 1 aliphatic heterocycles. The molecule has 2 N–H and O–H groups in total. The molecule has 0 spiro atoms. The zero-order chi connectivity index (χ0) is 14.6. The van der Waals surface area contributed by atoms with Crippen molar-refractivity contribution in [2.75, 3.05) is 18.1 Å². The van der Waals surface area contributed by atoms with Gasteiger partial charge in [-0.05, 0) is 24.3 Å². The molecule has 1 aromatic carbocycles. The lowest BCUT2D eigenvalue weighted by molar-refractivity contribution is -0.146. The number of carbonyl (C=O) groups is 2. The molecular formula is C13H14FNO4S. The van der Waals surface area contributed by atoms with Crippen LogP contribution in [0.25, 0.3) is 0 Å². The Labute approximate surface area is 119 Å². The van der Waals surface area contributed by atoms with E-state index in [1.807, 2.05) is 0 Å². The molecule has 108 valence electrons. The first kappa shape index (κ1) is 14.6. The van der Waals surface area contributed by atoms with Crippen LogP contribution in [0, 0.1) is 5.82 Å². The number of carbonyl (C=O) groups excluding carboxylic acids is 1. The second-order valence-corrected chi connectivity index (χ2v) is 5.56. The molecule has 0 aliphatic carbocycles. The fraction of sp³-hybridized carbons (Fsp3) is 0.385. The Balaban J connectivity index is 1.92. The van der Waals surface area contributed by atoms with Gasteiger partial charge in [0.25, 0.3) is 5.91 Å². The van der Waals surface area contributed by atoms with Crippen molar-refractivity contribution in [2.45, 2.75) is 12.0 Å². The maximum atomic E-state index is 13.3. The molecule has 1 saturated heterocycles. The summed E-state index contributed by atoms with van der Waals surface area (Å²) in [7, 11) is 0. The van der Waals surface area contributed by atoms with Crippen LogP contribution in [-0.4, -0.2) is 40.6 Å². The van der Waals surface area contributed by atoms with Crippen LogP contribution in [0.5, 0.6) is 5.75 Å². The van der Waals surface area contributed by atoms with E-state index in [1.165, 1.54) is 30.0 Å². The van der Waals surface area contributed by atoms with Crippen LogP contribution in [0.4, 0.5) is 4.39 Å². The number of rotatable bonds is 5. The van der Waals surface area contributed by atoms with Gasteiger partial charge in [-0.25, -0.2) is 9.18 Å². The van der Waals surface area contributed by atoms with E-state index < -0.39 is 29.8 Å². The van der Waals surface area contributed by atoms with Crippen molar-refractivity contribution in [3.63, 3.8) is 0 Å². The van der Waals surface area contributed by atoms with Gasteiger partial charge in [0, 0.05) is 5.75 Å². The molecule has 1 aromatic rings. The van der Waals surface area contributed by atoms with Crippen molar-refractivity contribution in [3.05, 3.63) is 30.1 Å². The number of thioether (sulfide) groups is 1. The van der Waals surface area contributed by atoms with Gasteiger partial charge in [-0.1, -0.05) is 12.1 Å². The lowest BCUT2D eigenvalue weighted by Gasteiger charge is -2.24. The molecule has 0 radical (unpaired) electrons. The average Bonchev–Trinajstić information content (AvgIpc) is 2.88. The zero-order valence-electron chi connectivity index (χ0n) is 10.6. The monoisotopic (exact) mass is 299 g/mol. The minimum absolute atomic E-state index is 0.0344. The number of halogens is 1. The van der Waals surface area contributed by atoms with E-state index in [-0.39, 0.29) is 5.75 Å². The number of aliphatic carboxylic acids is 1. The van der Waals surface area contributed by atoms with E-state index in [2.05, 4.69) is 5.32 Å². The molecule has 20 heavy (non-hydrogen) atoms. The Morgan fingerprint density at radius 1 is 1.45 bits per heavy atom. The number of benzene rings is 1. The number of para-hydroxylation sites is 1. The Kier molecular flexibility index (Phi) is 4.49. The maximum Gasteiger partial charge on any atom is 0.330 e. The molecule has 0 saturated carbocycles. The predicted molar refractivity (Wildman–Crippen MR) is 72.3 cm³/mol. The summed E-state index contributed by atoms with van der Waals surface area (Å²) in [6.07, 6.45) is 0.373. The van der Waals surface area contributed by atoms with Crippen LogP contribution < -0.4 is 10.1 Å². The quantitative estimate of drug-likeness (QED) is 0.856. The van der Waals surface area contributed by atoms with Crippen molar-refractivity contribution in [3.8, 4) is 5.75 Å². The first-order chi connectivity index (χ1) is 9.53. The van der Waals surface area contributed by atoms with Gasteiger partial charge in [-0.3, -0.25) is 4.79 Å². The maximum absolute atomic E-state index is 13.3. The minimum Gasteiger partial charge on any atom is -0.481 e. The van der Waals surface area contributed by atoms with E-state index in [9.17, 15) is 19.1 Å². The van der Waals surface area contributed by atoms with Gasteiger partial charge in [0.05, 0.1) is 0 Å². The number of ether oxygens (including phenoxy) is 1. The van der Waals surface area contributed by atoms with Gasteiger partial charge in [0.1, 0.15) is 5.54 Å². The molecule has 1 aliphatic rings. The lowest BCUT2D eigenvalue weighted by Crippen LogP contribution is -2.55. The summed E-state index contributed by atoms with van der Waals surface area (Å²) in [4.78, 5) is 23.0. The van der Waals surface area contributed by atoms with Crippen molar-refractivity contribution in [2.24, 2.45) is 0 Å². The van der Waals surface area contributed by atoms with Gasteiger partial charge in [0.2, 0.25) is 0 Å². The third-order valence-corrected chi connectivity index (χ3v) is 4.19. The number of carboxylic acid groups (broad SMARTS) is 1. The summed E-state index contributed by atoms with van der Waals surface area (Å²) >= 11 is 1.47. The number of amides is 1. The molecule has 1 unspecified atom stereocenters. The van der Waals surface area contributed by atoms with Crippen LogP contribution >= 0.6 is 11.8 Å². The molecule has 0 aromatic heterocycles. The SMILES string of the molecule is O=C(COc1ccccc1F)NC1(C(=O)O)CCSC1. The summed E-state index contributed by atoms with van der Waals surface area (Å²) in [5.74, 6) is -1.22. The molecule has 1 fully saturated rings. The number of hydrogen-bond acceptors (Lipinski definition) is 4. The van der Waals surface area contributed by atoms with E-state index in [0.717, 1.165) is 0 Å². The molecule has 1 atom stereocenters. The Morgan fingerprint density at radius 3 is 2.80 bits per heavy atom. The van der Waals surface area contributed by atoms with Gasteiger partial charge in [-0.2, -0.15) is 11.8 Å². The highest BCUT2D eigenvalue weighted by atomic mass is 32.2. The van der Waals surface area contributed by atoms with E-state index in [0.29, 0.717) is 17.9 Å². The van der Waals surface area contributed by atoms with Crippen LogP contribution in [0.1, 0.15) is 6.42 Å². The second-order valence-electron chi connectivity index (χ2n) is 4.46. The fourth-order valence-corrected chi connectivity index (χ4v) is 3.22. The van der Waals surface area contributed by atoms with Crippen LogP contribution in [0.3, 0.4) is 0 Å². The van der Waals surface area contributed by atoms with Gasteiger partial charge in [-0.15, -0.1) is 0 Å². The largest absolute Gasteiger partial charge is 0.481 e. The first-order valence-electron chi connectivity index (χ1n) is 6.03. The summed E-state index contributed by atoms with van der Waals surface area (Å²) in [6.45, 7) is -0.416. The summed E-state index contributed by atoms with van der Waals surface area (Å²) in [5.41, 5.74) is -1.24. The normalized spacial score (nSPS) is 21.4. The Morgan fingerprint density at radius 2 is 2.20 bits per heavy atom. The van der Waals surface area contributed by atoms with Crippen LogP contribution in [0.15, 0.2) is 24.3 Å². The average molecular weight is 299 g/mol.